The largest absolute Gasteiger partial charge is 0.381 e. The molecule has 0 unspecified atom stereocenters. The minimum atomic E-state index is 0.244. The van der Waals surface area contributed by atoms with E-state index >= 15 is 0 Å². The molecule has 0 radical (unpaired) electrons. The SMILES string of the molecule is CCCOCCCNCCCNC(C)(C)C. The molecule has 0 heterocycles. The molecule has 0 bridgehead atoms. The summed E-state index contributed by atoms with van der Waals surface area (Å²) in [7, 11) is 0. The van der Waals surface area contributed by atoms with Gasteiger partial charge in [0.15, 0.2) is 0 Å². The maximum absolute atomic E-state index is 5.40. The first kappa shape index (κ1) is 15.9. The number of ether oxygens (including phenoxy) is 1. The Morgan fingerprint density at radius 2 is 1.62 bits per heavy atom. The zero-order chi connectivity index (χ0) is 12.3. The van der Waals surface area contributed by atoms with E-state index in [0.29, 0.717) is 0 Å². The van der Waals surface area contributed by atoms with Gasteiger partial charge >= 0.3 is 0 Å². The summed E-state index contributed by atoms with van der Waals surface area (Å²) in [6.07, 6.45) is 3.42. The Hall–Kier alpha value is -0.120. The Morgan fingerprint density at radius 1 is 0.938 bits per heavy atom. The molecule has 16 heavy (non-hydrogen) atoms. The summed E-state index contributed by atoms with van der Waals surface area (Å²) in [4.78, 5) is 0. The second kappa shape index (κ2) is 10.1. The molecular formula is C13H30N2O. The lowest BCUT2D eigenvalue weighted by molar-refractivity contribution is 0.132. The van der Waals surface area contributed by atoms with Gasteiger partial charge in [-0.05, 0) is 59.7 Å². The summed E-state index contributed by atoms with van der Waals surface area (Å²) >= 11 is 0. The number of hydrogen-bond donors (Lipinski definition) is 2. The van der Waals surface area contributed by atoms with Gasteiger partial charge in [-0.25, -0.2) is 0 Å². The van der Waals surface area contributed by atoms with Crippen molar-refractivity contribution in [2.24, 2.45) is 0 Å². The van der Waals surface area contributed by atoms with Crippen LogP contribution in [0.5, 0.6) is 0 Å². The van der Waals surface area contributed by atoms with Crippen molar-refractivity contribution in [3.63, 3.8) is 0 Å². The van der Waals surface area contributed by atoms with Crippen molar-refractivity contribution in [2.45, 2.75) is 52.5 Å². The zero-order valence-corrected chi connectivity index (χ0v) is 11.6. The smallest absolute Gasteiger partial charge is 0.0478 e. The molecule has 0 aliphatic heterocycles. The molecule has 98 valence electrons. The van der Waals surface area contributed by atoms with Crippen molar-refractivity contribution in [3.8, 4) is 0 Å². The molecule has 0 fully saturated rings. The fraction of sp³-hybridized carbons (Fsp3) is 1.00. The molecule has 0 saturated heterocycles. The van der Waals surface area contributed by atoms with Crippen LogP contribution in [0.1, 0.15) is 47.0 Å². The van der Waals surface area contributed by atoms with Crippen LogP contribution in [0.4, 0.5) is 0 Å². The average molecular weight is 230 g/mol. The maximum atomic E-state index is 5.40. The summed E-state index contributed by atoms with van der Waals surface area (Å²) in [5.41, 5.74) is 0.244. The molecule has 0 atom stereocenters. The molecule has 0 aromatic rings. The third-order valence-corrected chi connectivity index (χ3v) is 2.18. The van der Waals surface area contributed by atoms with Crippen LogP contribution in [0.25, 0.3) is 0 Å². The molecule has 0 aliphatic carbocycles. The third kappa shape index (κ3) is 13.9. The van der Waals surface area contributed by atoms with E-state index < -0.39 is 0 Å². The molecule has 0 rings (SSSR count). The highest BCUT2D eigenvalue weighted by Gasteiger charge is 2.06. The number of hydrogen-bond acceptors (Lipinski definition) is 3. The first-order valence-electron chi connectivity index (χ1n) is 6.60. The second-order valence-electron chi connectivity index (χ2n) is 5.25. The van der Waals surface area contributed by atoms with Crippen molar-refractivity contribution < 1.29 is 4.74 Å². The van der Waals surface area contributed by atoms with E-state index in [1.54, 1.807) is 0 Å². The fourth-order valence-corrected chi connectivity index (χ4v) is 1.35. The van der Waals surface area contributed by atoms with Gasteiger partial charge in [0, 0.05) is 18.8 Å². The van der Waals surface area contributed by atoms with Gasteiger partial charge < -0.3 is 15.4 Å². The van der Waals surface area contributed by atoms with Crippen LogP contribution in [0.15, 0.2) is 0 Å². The van der Waals surface area contributed by atoms with E-state index in [9.17, 15) is 0 Å². The fourth-order valence-electron chi connectivity index (χ4n) is 1.35. The molecule has 3 nitrogen and oxygen atoms in total. The molecule has 0 saturated carbocycles. The van der Waals surface area contributed by atoms with Crippen LogP contribution in [-0.2, 0) is 4.74 Å². The summed E-state index contributed by atoms with van der Waals surface area (Å²) in [5.74, 6) is 0. The van der Waals surface area contributed by atoms with Crippen LogP contribution >= 0.6 is 0 Å². The first-order chi connectivity index (χ1) is 7.56. The van der Waals surface area contributed by atoms with Gasteiger partial charge in [-0.1, -0.05) is 6.92 Å². The summed E-state index contributed by atoms with van der Waals surface area (Å²) in [6, 6.07) is 0. The van der Waals surface area contributed by atoms with E-state index in [-0.39, 0.29) is 5.54 Å². The van der Waals surface area contributed by atoms with Crippen molar-refractivity contribution >= 4 is 0 Å². The maximum Gasteiger partial charge on any atom is 0.0478 e. The Bertz CT molecular complexity index is 143. The zero-order valence-electron chi connectivity index (χ0n) is 11.6. The molecule has 0 spiro atoms. The molecule has 2 N–H and O–H groups in total. The normalized spacial score (nSPS) is 12.0. The highest BCUT2D eigenvalue weighted by atomic mass is 16.5. The summed E-state index contributed by atoms with van der Waals surface area (Å²) < 4.78 is 5.40. The number of rotatable bonds is 10. The van der Waals surface area contributed by atoms with Crippen LogP contribution in [0, 0.1) is 0 Å². The van der Waals surface area contributed by atoms with E-state index in [4.69, 9.17) is 4.74 Å². The summed E-state index contributed by atoms with van der Waals surface area (Å²) in [5, 5.41) is 6.90. The molecule has 0 amide bonds. The highest BCUT2D eigenvalue weighted by molar-refractivity contribution is 4.69. The monoisotopic (exact) mass is 230 g/mol. The minimum absolute atomic E-state index is 0.244. The Kier molecular flexibility index (Phi) is 9.99. The lowest BCUT2D eigenvalue weighted by Gasteiger charge is -2.20. The lowest BCUT2D eigenvalue weighted by atomic mass is 10.1. The molecule has 0 aromatic heterocycles. The Labute approximate surface area is 101 Å². The van der Waals surface area contributed by atoms with Crippen molar-refractivity contribution in [1.82, 2.24) is 10.6 Å². The first-order valence-corrected chi connectivity index (χ1v) is 6.60. The summed E-state index contributed by atoms with van der Waals surface area (Å²) in [6.45, 7) is 13.8. The predicted octanol–water partition coefficient (Wildman–Crippen LogP) is 2.17. The Balaban J connectivity index is 2.99. The van der Waals surface area contributed by atoms with Gasteiger partial charge in [0.05, 0.1) is 0 Å². The Morgan fingerprint density at radius 3 is 2.25 bits per heavy atom. The topological polar surface area (TPSA) is 33.3 Å². The molecule has 0 aromatic carbocycles. The van der Waals surface area contributed by atoms with Gasteiger partial charge in [-0.3, -0.25) is 0 Å². The minimum Gasteiger partial charge on any atom is -0.381 e. The van der Waals surface area contributed by atoms with E-state index in [2.05, 4.69) is 38.3 Å². The number of nitrogens with one attached hydrogen (secondary N) is 2. The van der Waals surface area contributed by atoms with Gasteiger partial charge in [-0.2, -0.15) is 0 Å². The van der Waals surface area contributed by atoms with Gasteiger partial charge in [0.2, 0.25) is 0 Å². The van der Waals surface area contributed by atoms with Crippen LogP contribution in [-0.4, -0.2) is 38.4 Å². The van der Waals surface area contributed by atoms with Crippen LogP contribution in [0.3, 0.4) is 0 Å². The van der Waals surface area contributed by atoms with E-state index in [1.165, 1.54) is 6.42 Å². The van der Waals surface area contributed by atoms with Crippen molar-refractivity contribution in [2.75, 3.05) is 32.8 Å². The van der Waals surface area contributed by atoms with Gasteiger partial charge in [-0.15, -0.1) is 0 Å². The van der Waals surface area contributed by atoms with Gasteiger partial charge in [0.25, 0.3) is 0 Å². The third-order valence-electron chi connectivity index (χ3n) is 2.18. The standard InChI is InChI=1S/C13H30N2O/c1-5-11-16-12-7-9-14-8-6-10-15-13(2,3)4/h14-15H,5-12H2,1-4H3. The lowest BCUT2D eigenvalue weighted by Crippen LogP contribution is -2.37. The second-order valence-corrected chi connectivity index (χ2v) is 5.25. The highest BCUT2D eigenvalue weighted by Crippen LogP contribution is 1.97. The van der Waals surface area contributed by atoms with Crippen molar-refractivity contribution in [1.29, 1.82) is 0 Å². The molecule has 0 aliphatic rings. The van der Waals surface area contributed by atoms with Crippen LogP contribution < -0.4 is 10.6 Å². The predicted molar refractivity (Wildman–Crippen MR) is 71.0 cm³/mol. The van der Waals surface area contributed by atoms with E-state index in [1.807, 2.05) is 0 Å². The van der Waals surface area contributed by atoms with Gasteiger partial charge in [0.1, 0.15) is 0 Å². The quantitative estimate of drug-likeness (QED) is 0.564. The van der Waals surface area contributed by atoms with Crippen molar-refractivity contribution in [3.05, 3.63) is 0 Å². The molecular weight excluding hydrogens is 200 g/mol. The van der Waals surface area contributed by atoms with Crippen LogP contribution in [0.2, 0.25) is 0 Å². The molecule has 3 heteroatoms. The van der Waals surface area contributed by atoms with E-state index in [0.717, 1.165) is 45.7 Å². The average Bonchev–Trinajstić information content (AvgIpc) is 2.19.